The van der Waals surface area contributed by atoms with Crippen molar-refractivity contribution in [1.82, 2.24) is 10.2 Å². The SMILES string of the molecule is CN1CCC(CCNCC2CCC(N)CC2)CC1. The predicted octanol–water partition coefficient (Wildman–Crippen LogP) is 1.83. The van der Waals surface area contributed by atoms with E-state index in [9.17, 15) is 0 Å². The van der Waals surface area contributed by atoms with Crippen LogP contribution in [0.2, 0.25) is 0 Å². The Morgan fingerprint density at radius 1 is 1.00 bits per heavy atom. The Bertz CT molecular complexity index is 192. The summed E-state index contributed by atoms with van der Waals surface area (Å²) in [6.07, 6.45) is 9.32. The Balaban J connectivity index is 1.48. The van der Waals surface area contributed by atoms with E-state index >= 15 is 0 Å². The van der Waals surface area contributed by atoms with Crippen molar-refractivity contribution < 1.29 is 0 Å². The zero-order valence-electron chi connectivity index (χ0n) is 12.0. The minimum absolute atomic E-state index is 0.487. The summed E-state index contributed by atoms with van der Waals surface area (Å²) < 4.78 is 0. The van der Waals surface area contributed by atoms with Crippen LogP contribution in [0.15, 0.2) is 0 Å². The summed E-state index contributed by atoms with van der Waals surface area (Å²) in [4.78, 5) is 2.45. The highest BCUT2D eigenvalue weighted by atomic mass is 15.1. The Morgan fingerprint density at radius 2 is 1.67 bits per heavy atom. The van der Waals surface area contributed by atoms with Gasteiger partial charge in [-0.1, -0.05) is 0 Å². The van der Waals surface area contributed by atoms with Crippen molar-refractivity contribution in [3.8, 4) is 0 Å². The molecule has 0 aromatic carbocycles. The van der Waals surface area contributed by atoms with E-state index in [2.05, 4.69) is 17.3 Å². The highest BCUT2D eigenvalue weighted by Gasteiger charge is 2.19. The average Bonchev–Trinajstić information content (AvgIpc) is 2.39. The van der Waals surface area contributed by atoms with Gasteiger partial charge in [-0.25, -0.2) is 0 Å². The van der Waals surface area contributed by atoms with Crippen LogP contribution < -0.4 is 11.1 Å². The number of piperidine rings is 1. The molecular formula is C15H31N3. The van der Waals surface area contributed by atoms with Crippen molar-refractivity contribution in [3.05, 3.63) is 0 Å². The van der Waals surface area contributed by atoms with Gasteiger partial charge in [0.05, 0.1) is 0 Å². The van der Waals surface area contributed by atoms with Crippen LogP contribution in [0.5, 0.6) is 0 Å². The lowest BCUT2D eigenvalue weighted by atomic mass is 9.86. The molecule has 18 heavy (non-hydrogen) atoms. The minimum Gasteiger partial charge on any atom is -0.328 e. The Morgan fingerprint density at radius 3 is 2.33 bits per heavy atom. The lowest BCUT2D eigenvalue weighted by Gasteiger charge is -2.29. The Kier molecular flexibility index (Phi) is 5.93. The molecule has 3 heteroatoms. The third-order valence-electron chi connectivity index (χ3n) is 4.89. The molecule has 0 aromatic rings. The van der Waals surface area contributed by atoms with Crippen LogP contribution in [-0.4, -0.2) is 44.2 Å². The van der Waals surface area contributed by atoms with E-state index in [-0.39, 0.29) is 0 Å². The van der Waals surface area contributed by atoms with Gasteiger partial charge in [-0.15, -0.1) is 0 Å². The molecule has 0 spiro atoms. The molecular weight excluding hydrogens is 222 g/mol. The lowest BCUT2D eigenvalue weighted by molar-refractivity contribution is 0.210. The molecule has 3 N–H and O–H groups in total. The molecule has 1 saturated carbocycles. The Hall–Kier alpha value is -0.120. The maximum absolute atomic E-state index is 5.94. The molecule has 1 aliphatic carbocycles. The highest BCUT2D eigenvalue weighted by Crippen LogP contribution is 2.22. The summed E-state index contributed by atoms with van der Waals surface area (Å²) in [6, 6.07) is 0.487. The quantitative estimate of drug-likeness (QED) is 0.735. The third-order valence-corrected chi connectivity index (χ3v) is 4.89. The molecule has 3 nitrogen and oxygen atoms in total. The van der Waals surface area contributed by atoms with Crippen molar-refractivity contribution in [2.75, 3.05) is 33.2 Å². The molecule has 1 heterocycles. The number of nitrogens with zero attached hydrogens (tertiary/aromatic N) is 1. The van der Waals surface area contributed by atoms with E-state index in [4.69, 9.17) is 5.73 Å². The summed E-state index contributed by atoms with van der Waals surface area (Å²) in [5, 5.41) is 3.67. The molecule has 0 amide bonds. The second-order valence-corrected chi connectivity index (χ2v) is 6.52. The molecule has 1 saturated heterocycles. The van der Waals surface area contributed by atoms with Gasteiger partial charge >= 0.3 is 0 Å². The van der Waals surface area contributed by atoms with Gasteiger partial charge in [-0.2, -0.15) is 0 Å². The average molecular weight is 253 g/mol. The van der Waals surface area contributed by atoms with Crippen LogP contribution in [0.1, 0.15) is 44.9 Å². The molecule has 2 rings (SSSR count). The molecule has 0 atom stereocenters. The van der Waals surface area contributed by atoms with Gasteiger partial charge in [0, 0.05) is 6.04 Å². The summed E-state index contributed by atoms with van der Waals surface area (Å²) >= 11 is 0. The van der Waals surface area contributed by atoms with E-state index in [1.807, 2.05) is 0 Å². The second-order valence-electron chi connectivity index (χ2n) is 6.52. The number of hydrogen-bond acceptors (Lipinski definition) is 3. The molecule has 1 aliphatic heterocycles. The lowest BCUT2D eigenvalue weighted by Crippen LogP contribution is -2.34. The fraction of sp³-hybridized carbons (Fsp3) is 1.00. The standard InChI is InChI=1S/C15H31N3/c1-18-10-7-13(8-11-18)6-9-17-12-14-2-4-15(16)5-3-14/h13-15,17H,2-12,16H2,1H3. The molecule has 0 bridgehead atoms. The number of rotatable bonds is 5. The first-order valence-electron chi connectivity index (χ1n) is 7.89. The van der Waals surface area contributed by atoms with Crippen molar-refractivity contribution in [2.45, 2.75) is 51.0 Å². The first-order chi connectivity index (χ1) is 8.74. The monoisotopic (exact) mass is 253 g/mol. The van der Waals surface area contributed by atoms with Crippen LogP contribution in [0, 0.1) is 11.8 Å². The number of nitrogens with one attached hydrogen (secondary N) is 1. The van der Waals surface area contributed by atoms with Gasteiger partial charge in [-0.05, 0) is 90.0 Å². The normalized spacial score (nSPS) is 31.7. The van der Waals surface area contributed by atoms with Crippen molar-refractivity contribution >= 4 is 0 Å². The zero-order chi connectivity index (χ0) is 12.8. The molecule has 0 aromatic heterocycles. The highest BCUT2D eigenvalue weighted by molar-refractivity contribution is 4.76. The van der Waals surface area contributed by atoms with E-state index in [0.717, 1.165) is 11.8 Å². The minimum atomic E-state index is 0.487. The van der Waals surface area contributed by atoms with Gasteiger partial charge in [0.15, 0.2) is 0 Å². The van der Waals surface area contributed by atoms with Crippen molar-refractivity contribution in [1.29, 1.82) is 0 Å². The third kappa shape index (κ3) is 4.87. The molecule has 0 unspecified atom stereocenters. The van der Waals surface area contributed by atoms with Crippen molar-refractivity contribution in [2.24, 2.45) is 17.6 Å². The summed E-state index contributed by atoms with van der Waals surface area (Å²) in [6.45, 7) is 5.03. The maximum Gasteiger partial charge on any atom is 0.00390 e. The first kappa shape index (κ1) is 14.3. The summed E-state index contributed by atoms with van der Waals surface area (Å²) in [5.74, 6) is 1.86. The fourth-order valence-electron chi connectivity index (χ4n) is 3.36. The predicted molar refractivity (Wildman–Crippen MR) is 77.6 cm³/mol. The molecule has 0 radical (unpaired) electrons. The van der Waals surface area contributed by atoms with Gasteiger partial charge in [0.25, 0.3) is 0 Å². The second kappa shape index (κ2) is 7.46. The molecule has 106 valence electrons. The van der Waals surface area contributed by atoms with E-state index in [1.54, 1.807) is 0 Å². The van der Waals surface area contributed by atoms with Gasteiger partial charge in [-0.3, -0.25) is 0 Å². The van der Waals surface area contributed by atoms with Crippen LogP contribution in [-0.2, 0) is 0 Å². The maximum atomic E-state index is 5.94. The summed E-state index contributed by atoms with van der Waals surface area (Å²) in [5.41, 5.74) is 5.94. The van der Waals surface area contributed by atoms with Gasteiger partial charge in [0.1, 0.15) is 0 Å². The van der Waals surface area contributed by atoms with Crippen LogP contribution in [0.4, 0.5) is 0 Å². The van der Waals surface area contributed by atoms with E-state index in [0.29, 0.717) is 6.04 Å². The first-order valence-corrected chi connectivity index (χ1v) is 7.89. The summed E-state index contributed by atoms with van der Waals surface area (Å²) in [7, 11) is 2.24. The largest absolute Gasteiger partial charge is 0.328 e. The van der Waals surface area contributed by atoms with E-state index < -0.39 is 0 Å². The molecule has 2 aliphatic rings. The van der Waals surface area contributed by atoms with Crippen LogP contribution in [0.25, 0.3) is 0 Å². The smallest absolute Gasteiger partial charge is 0.00390 e. The molecule has 2 fully saturated rings. The number of likely N-dealkylation sites (tertiary alicyclic amines) is 1. The van der Waals surface area contributed by atoms with Crippen molar-refractivity contribution in [3.63, 3.8) is 0 Å². The topological polar surface area (TPSA) is 41.3 Å². The van der Waals surface area contributed by atoms with Gasteiger partial charge in [0.2, 0.25) is 0 Å². The van der Waals surface area contributed by atoms with Crippen LogP contribution in [0.3, 0.4) is 0 Å². The van der Waals surface area contributed by atoms with Crippen LogP contribution >= 0.6 is 0 Å². The van der Waals surface area contributed by atoms with E-state index in [1.165, 1.54) is 71.1 Å². The number of hydrogen-bond donors (Lipinski definition) is 2. The fourth-order valence-corrected chi connectivity index (χ4v) is 3.36. The van der Waals surface area contributed by atoms with Gasteiger partial charge < -0.3 is 16.0 Å². The zero-order valence-corrected chi connectivity index (χ0v) is 12.0. The number of nitrogens with two attached hydrogens (primary N) is 1. The Labute approximate surface area is 112 Å².